The second kappa shape index (κ2) is 8.97. The highest BCUT2D eigenvalue weighted by Gasteiger charge is 2.18. The maximum atomic E-state index is 9.32. The predicted octanol–water partition coefficient (Wildman–Crippen LogP) is 1.73. The number of aliphatic hydroxyl groups excluding tert-OH is 1. The highest BCUT2D eigenvalue weighted by Crippen LogP contribution is 2.15. The molecule has 1 unspecified atom stereocenters. The largest absolute Gasteiger partial charge is 0.396 e. The molecule has 1 saturated heterocycles. The molecule has 3 rings (SSSR count). The SMILES string of the molecule is OCC1CCCN(CCNCc2ccccc2Cn2cccn2)C1. The topological polar surface area (TPSA) is 53.3 Å². The summed E-state index contributed by atoms with van der Waals surface area (Å²) >= 11 is 0. The Hall–Kier alpha value is -1.69. The van der Waals surface area contributed by atoms with E-state index in [1.807, 2.05) is 23.1 Å². The quantitative estimate of drug-likeness (QED) is 0.725. The molecule has 0 amide bonds. The molecule has 24 heavy (non-hydrogen) atoms. The molecule has 2 heterocycles. The Morgan fingerprint density at radius 2 is 2.08 bits per heavy atom. The minimum atomic E-state index is 0.324. The van der Waals surface area contributed by atoms with E-state index in [1.165, 1.54) is 24.0 Å². The van der Waals surface area contributed by atoms with Crippen molar-refractivity contribution in [3.63, 3.8) is 0 Å². The summed E-state index contributed by atoms with van der Waals surface area (Å²) in [6.45, 7) is 6.25. The number of nitrogens with zero attached hydrogens (tertiary/aromatic N) is 3. The van der Waals surface area contributed by atoms with Crippen LogP contribution in [0, 0.1) is 5.92 Å². The molecule has 0 spiro atoms. The minimum Gasteiger partial charge on any atom is -0.396 e. The lowest BCUT2D eigenvalue weighted by Gasteiger charge is -2.31. The van der Waals surface area contributed by atoms with Gasteiger partial charge in [-0.1, -0.05) is 24.3 Å². The van der Waals surface area contributed by atoms with Crippen molar-refractivity contribution >= 4 is 0 Å². The number of rotatable bonds is 8. The van der Waals surface area contributed by atoms with Gasteiger partial charge in [-0.3, -0.25) is 4.68 Å². The highest BCUT2D eigenvalue weighted by molar-refractivity contribution is 5.27. The van der Waals surface area contributed by atoms with Gasteiger partial charge in [0.05, 0.1) is 6.54 Å². The van der Waals surface area contributed by atoms with Gasteiger partial charge in [-0.25, -0.2) is 0 Å². The van der Waals surface area contributed by atoms with Gasteiger partial charge in [-0.2, -0.15) is 5.10 Å². The summed E-state index contributed by atoms with van der Waals surface area (Å²) in [6.07, 6.45) is 6.19. The third-order valence-electron chi connectivity index (χ3n) is 4.79. The summed E-state index contributed by atoms with van der Waals surface area (Å²) in [6, 6.07) is 10.5. The van der Waals surface area contributed by atoms with Crippen molar-refractivity contribution in [2.24, 2.45) is 5.92 Å². The average Bonchev–Trinajstić information content (AvgIpc) is 3.13. The van der Waals surface area contributed by atoms with Gasteiger partial charge >= 0.3 is 0 Å². The van der Waals surface area contributed by atoms with Crippen LogP contribution in [0.25, 0.3) is 0 Å². The van der Waals surface area contributed by atoms with Gasteiger partial charge in [0.15, 0.2) is 0 Å². The Kier molecular flexibility index (Phi) is 6.41. The van der Waals surface area contributed by atoms with Crippen molar-refractivity contribution in [1.29, 1.82) is 0 Å². The van der Waals surface area contributed by atoms with Crippen molar-refractivity contribution < 1.29 is 5.11 Å². The van der Waals surface area contributed by atoms with Crippen LogP contribution in [0.1, 0.15) is 24.0 Å². The molecule has 130 valence electrons. The second-order valence-electron chi connectivity index (χ2n) is 6.64. The maximum absolute atomic E-state index is 9.32. The Balaban J connectivity index is 1.45. The molecule has 0 aliphatic carbocycles. The van der Waals surface area contributed by atoms with E-state index in [0.29, 0.717) is 12.5 Å². The molecular formula is C19H28N4O. The molecule has 1 aliphatic rings. The van der Waals surface area contributed by atoms with Crippen LogP contribution in [0.4, 0.5) is 0 Å². The third kappa shape index (κ3) is 4.90. The zero-order valence-corrected chi connectivity index (χ0v) is 14.3. The first-order chi connectivity index (χ1) is 11.8. The fourth-order valence-corrected chi connectivity index (χ4v) is 3.42. The summed E-state index contributed by atoms with van der Waals surface area (Å²) in [5, 5.41) is 17.2. The summed E-state index contributed by atoms with van der Waals surface area (Å²) in [4.78, 5) is 2.47. The van der Waals surface area contributed by atoms with Gasteiger partial charge in [-0.15, -0.1) is 0 Å². The van der Waals surface area contributed by atoms with E-state index in [-0.39, 0.29) is 0 Å². The molecule has 1 fully saturated rings. The lowest BCUT2D eigenvalue weighted by Crippen LogP contribution is -2.40. The van der Waals surface area contributed by atoms with Crippen LogP contribution in [0.5, 0.6) is 0 Å². The standard InChI is InChI=1S/C19H28N4O/c24-16-17-5-3-10-22(14-17)12-9-20-13-18-6-1-2-7-19(18)15-23-11-4-8-21-23/h1-2,4,6-8,11,17,20,24H,3,5,9-10,12-16H2. The highest BCUT2D eigenvalue weighted by atomic mass is 16.3. The number of aromatic nitrogens is 2. The van der Waals surface area contributed by atoms with E-state index in [1.54, 1.807) is 0 Å². The summed E-state index contributed by atoms with van der Waals surface area (Å²) in [5.74, 6) is 0.466. The number of nitrogens with one attached hydrogen (secondary N) is 1. The van der Waals surface area contributed by atoms with Crippen LogP contribution in [-0.2, 0) is 13.1 Å². The Labute approximate surface area is 144 Å². The van der Waals surface area contributed by atoms with E-state index < -0.39 is 0 Å². The first kappa shape index (κ1) is 17.1. The molecule has 5 heteroatoms. The minimum absolute atomic E-state index is 0.324. The molecule has 0 radical (unpaired) electrons. The Morgan fingerprint density at radius 1 is 1.21 bits per heavy atom. The van der Waals surface area contributed by atoms with Crippen LogP contribution in [0.2, 0.25) is 0 Å². The number of hydrogen-bond donors (Lipinski definition) is 2. The van der Waals surface area contributed by atoms with Crippen LogP contribution >= 0.6 is 0 Å². The maximum Gasteiger partial charge on any atom is 0.0662 e. The molecule has 5 nitrogen and oxygen atoms in total. The van der Waals surface area contributed by atoms with Crippen molar-refractivity contribution in [3.8, 4) is 0 Å². The average molecular weight is 328 g/mol. The number of benzene rings is 1. The smallest absolute Gasteiger partial charge is 0.0662 e. The van der Waals surface area contributed by atoms with Gasteiger partial charge in [0.2, 0.25) is 0 Å². The zero-order valence-electron chi connectivity index (χ0n) is 14.3. The monoisotopic (exact) mass is 328 g/mol. The molecular weight excluding hydrogens is 300 g/mol. The first-order valence-electron chi connectivity index (χ1n) is 8.93. The van der Waals surface area contributed by atoms with E-state index in [9.17, 15) is 5.11 Å². The van der Waals surface area contributed by atoms with Gasteiger partial charge in [0, 0.05) is 45.2 Å². The molecule has 1 aromatic carbocycles. The molecule has 1 aliphatic heterocycles. The zero-order chi connectivity index (χ0) is 16.6. The van der Waals surface area contributed by atoms with Gasteiger partial charge < -0.3 is 15.3 Å². The summed E-state index contributed by atoms with van der Waals surface area (Å²) in [7, 11) is 0. The van der Waals surface area contributed by atoms with Gasteiger partial charge in [0.1, 0.15) is 0 Å². The Bertz CT molecular complexity index is 599. The van der Waals surface area contributed by atoms with E-state index in [4.69, 9.17) is 0 Å². The first-order valence-corrected chi connectivity index (χ1v) is 8.93. The fourth-order valence-electron chi connectivity index (χ4n) is 3.42. The molecule has 0 bridgehead atoms. The molecule has 1 aromatic heterocycles. The second-order valence-corrected chi connectivity index (χ2v) is 6.64. The normalized spacial score (nSPS) is 18.8. The number of piperidine rings is 1. The molecule has 1 atom stereocenters. The fraction of sp³-hybridized carbons (Fsp3) is 0.526. The van der Waals surface area contributed by atoms with E-state index >= 15 is 0 Å². The van der Waals surface area contributed by atoms with E-state index in [2.05, 4.69) is 39.6 Å². The van der Waals surface area contributed by atoms with Gasteiger partial charge in [-0.05, 0) is 42.5 Å². The summed E-state index contributed by atoms with van der Waals surface area (Å²) < 4.78 is 1.96. The predicted molar refractivity (Wildman–Crippen MR) is 95.7 cm³/mol. The van der Waals surface area contributed by atoms with Crippen LogP contribution in [-0.4, -0.2) is 52.6 Å². The van der Waals surface area contributed by atoms with Crippen LogP contribution < -0.4 is 5.32 Å². The van der Waals surface area contributed by atoms with Crippen LogP contribution in [0.3, 0.4) is 0 Å². The Morgan fingerprint density at radius 3 is 2.88 bits per heavy atom. The van der Waals surface area contributed by atoms with Crippen molar-refractivity contribution in [2.45, 2.75) is 25.9 Å². The molecule has 2 aromatic rings. The van der Waals surface area contributed by atoms with E-state index in [0.717, 1.165) is 39.3 Å². The third-order valence-corrected chi connectivity index (χ3v) is 4.79. The van der Waals surface area contributed by atoms with Crippen molar-refractivity contribution in [2.75, 3.05) is 32.8 Å². The molecule has 2 N–H and O–H groups in total. The lowest BCUT2D eigenvalue weighted by molar-refractivity contribution is 0.121. The molecule has 0 saturated carbocycles. The number of hydrogen-bond acceptors (Lipinski definition) is 4. The van der Waals surface area contributed by atoms with Gasteiger partial charge in [0.25, 0.3) is 0 Å². The number of aliphatic hydroxyl groups is 1. The van der Waals surface area contributed by atoms with Crippen molar-refractivity contribution in [3.05, 3.63) is 53.9 Å². The summed E-state index contributed by atoms with van der Waals surface area (Å²) in [5.41, 5.74) is 2.65. The number of likely N-dealkylation sites (tertiary alicyclic amines) is 1. The van der Waals surface area contributed by atoms with Crippen molar-refractivity contribution in [1.82, 2.24) is 20.0 Å². The lowest BCUT2D eigenvalue weighted by atomic mass is 9.99. The van der Waals surface area contributed by atoms with Crippen LogP contribution in [0.15, 0.2) is 42.7 Å².